The van der Waals surface area contributed by atoms with Crippen molar-refractivity contribution in [3.63, 3.8) is 0 Å². The van der Waals surface area contributed by atoms with E-state index < -0.39 is 11.3 Å². The van der Waals surface area contributed by atoms with Crippen LogP contribution in [0.4, 0.5) is 0 Å². The van der Waals surface area contributed by atoms with Crippen LogP contribution in [0.25, 0.3) is 0 Å². The van der Waals surface area contributed by atoms with Crippen LogP contribution in [0.5, 0.6) is 5.75 Å². The van der Waals surface area contributed by atoms with E-state index in [2.05, 4.69) is 30.0 Å². The van der Waals surface area contributed by atoms with E-state index in [0.717, 1.165) is 30.0 Å². The Morgan fingerprint density at radius 1 is 1.16 bits per heavy atom. The second-order valence-electron chi connectivity index (χ2n) is 7.35. The van der Waals surface area contributed by atoms with Crippen LogP contribution in [0.2, 0.25) is 0 Å². The predicted octanol–water partition coefficient (Wildman–Crippen LogP) is 2.83. The van der Waals surface area contributed by atoms with Crippen LogP contribution in [0.1, 0.15) is 32.3 Å². The number of hydrogen-bond acceptors (Lipinski definition) is 7. The average molecular weight is 420 g/mol. The minimum atomic E-state index is -1.59. The lowest BCUT2D eigenvalue weighted by Gasteiger charge is -2.45. The molecule has 1 aliphatic heterocycles. The van der Waals surface area contributed by atoms with Crippen LogP contribution in [0.3, 0.4) is 0 Å². The first-order valence-corrected chi connectivity index (χ1v) is 10.5. The third-order valence-electron chi connectivity index (χ3n) is 5.74. The topological polar surface area (TPSA) is 130 Å². The van der Waals surface area contributed by atoms with Crippen molar-refractivity contribution in [2.75, 3.05) is 32.8 Å². The SMILES string of the molecule is CCO.CCOc1ccc(C2C3CN(CC)CC=C3C(C#N)=C(N)C2(C#N)C#N)cc1. The van der Waals surface area contributed by atoms with Gasteiger partial charge >= 0.3 is 0 Å². The number of fused-ring (bicyclic) bond motifs is 1. The number of nitriles is 3. The van der Waals surface area contributed by atoms with Crippen LogP contribution in [-0.4, -0.2) is 42.9 Å². The minimum absolute atomic E-state index is 0.0614. The molecule has 2 aliphatic rings. The van der Waals surface area contributed by atoms with Crippen molar-refractivity contribution in [3.8, 4) is 24.0 Å². The van der Waals surface area contributed by atoms with Gasteiger partial charge in [-0.2, -0.15) is 15.8 Å². The third kappa shape index (κ3) is 4.42. The zero-order valence-corrected chi connectivity index (χ0v) is 18.3. The lowest BCUT2D eigenvalue weighted by atomic mass is 9.58. The summed E-state index contributed by atoms with van der Waals surface area (Å²) in [6.45, 7) is 8.73. The fourth-order valence-corrected chi connectivity index (χ4v) is 4.31. The summed E-state index contributed by atoms with van der Waals surface area (Å²) in [5.74, 6) is 0.112. The highest BCUT2D eigenvalue weighted by Crippen LogP contribution is 2.54. The van der Waals surface area contributed by atoms with E-state index in [9.17, 15) is 15.8 Å². The second kappa shape index (κ2) is 10.6. The fourth-order valence-electron chi connectivity index (χ4n) is 4.31. The summed E-state index contributed by atoms with van der Waals surface area (Å²) < 4.78 is 5.52. The third-order valence-corrected chi connectivity index (χ3v) is 5.74. The van der Waals surface area contributed by atoms with Crippen LogP contribution in [0, 0.1) is 45.3 Å². The lowest BCUT2D eigenvalue weighted by Crippen LogP contribution is -2.48. The summed E-state index contributed by atoms with van der Waals surface area (Å²) in [4.78, 5) is 2.24. The van der Waals surface area contributed by atoms with Crippen molar-refractivity contribution in [3.05, 3.63) is 52.7 Å². The molecule has 0 aromatic heterocycles. The van der Waals surface area contributed by atoms with Gasteiger partial charge in [-0.25, -0.2) is 0 Å². The predicted molar refractivity (Wildman–Crippen MR) is 117 cm³/mol. The summed E-state index contributed by atoms with van der Waals surface area (Å²) in [5.41, 5.74) is 6.76. The van der Waals surface area contributed by atoms with E-state index >= 15 is 0 Å². The molecular weight excluding hydrogens is 390 g/mol. The van der Waals surface area contributed by atoms with E-state index in [1.165, 1.54) is 0 Å². The molecule has 162 valence electrons. The Labute approximate surface area is 184 Å². The highest BCUT2D eigenvalue weighted by atomic mass is 16.5. The smallest absolute Gasteiger partial charge is 0.191 e. The van der Waals surface area contributed by atoms with Gasteiger partial charge in [-0.1, -0.05) is 25.1 Å². The van der Waals surface area contributed by atoms with Gasteiger partial charge in [0.2, 0.25) is 0 Å². The highest BCUT2D eigenvalue weighted by molar-refractivity contribution is 5.59. The summed E-state index contributed by atoms with van der Waals surface area (Å²) in [6.07, 6.45) is 2.02. The molecule has 3 N–H and O–H groups in total. The first-order valence-electron chi connectivity index (χ1n) is 10.5. The average Bonchev–Trinajstić information content (AvgIpc) is 2.79. The molecule has 1 aliphatic carbocycles. The lowest BCUT2D eigenvalue weighted by molar-refractivity contribution is 0.214. The Morgan fingerprint density at radius 3 is 2.26 bits per heavy atom. The number of allylic oxidation sites excluding steroid dienone is 2. The molecule has 31 heavy (non-hydrogen) atoms. The fraction of sp³-hybridized carbons (Fsp3) is 0.458. The Kier molecular flexibility index (Phi) is 8.22. The van der Waals surface area contributed by atoms with E-state index in [0.29, 0.717) is 13.2 Å². The molecule has 0 amide bonds. The van der Waals surface area contributed by atoms with Gasteiger partial charge < -0.3 is 15.6 Å². The molecule has 7 nitrogen and oxygen atoms in total. The molecule has 0 saturated carbocycles. The molecule has 0 saturated heterocycles. The van der Waals surface area contributed by atoms with Gasteiger partial charge in [0, 0.05) is 31.5 Å². The molecular formula is C24H29N5O2. The van der Waals surface area contributed by atoms with E-state index in [1.807, 2.05) is 37.3 Å². The summed E-state index contributed by atoms with van der Waals surface area (Å²) in [6, 6.07) is 14.0. The zero-order chi connectivity index (χ0) is 23.0. The van der Waals surface area contributed by atoms with Gasteiger partial charge in [-0.05, 0) is 43.7 Å². The normalized spacial score (nSPS) is 21.9. The van der Waals surface area contributed by atoms with Gasteiger partial charge in [-0.15, -0.1) is 0 Å². The molecule has 3 rings (SSSR count). The zero-order valence-electron chi connectivity index (χ0n) is 18.3. The van der Waals surface area contributed by atoms with Crippen LogP contribution >= 0.6 is 0 Å². The first-order chi connectivity index (χ1) is 15.0. The number of aliphatic hydroxyl groups is 1. The Bertz CT molecular complexity index is 946. The van der Waals surface area contributed by atoms with E-state index in [4.69, 9.17) is 15.6 Å². The molecule has 1 aromatic carbocycles. The summed E-state index contributed by atoms with van der Waals surface area (Å²) >= 11 is 0. The molecule has 2 atom stereocenters. The molecule has 0 spiro atoms. The number of nitrogens with two attached hydrogens (primary N) is 1. The number of benzene rings is 1. The van der Waals surface area contributed by atoms with Gasteiger partial charge in [0.05, 0.1) is 30.0 Å². The van der Waals surface area contributed by atoms with E-state index in [1.54, 1.807) is 6.92 Å². The standard InChI is InChI=1S/C22H23N5O.C2H6O/c1-3-27-10-9-17-18(11-23)21(26)22(13-24,14-25)20(19(17)12-27)15-5-7-16(8-6-15)28-4-2;1-2-3/h5-9,19-20H,3-4,10,12,26H2,1-2H3;3H,2H2,1H3. The number of hydrogen-bond donors (Lipinski definition) is 2. The first kappa shape index (κ1) is 24.0. The molecule has 2 unspecified atom stereocenters. The molecule has 7 heteroatoms. The van der Waals surface area contributed by atoms with Crippen LogP contribution < -0.4 is 10.5 Å². The van der Waals surface area contributed by atoms with Gasteiger partial charge in [0.15, 0.2) is 5.41 Å². The number of likely N-dealkylation sites (N-methyl/N-ethyl adjacent to an activating group) is 1. The molecule has 1 heterocycles. The van der Waals surface area contributed by atoms with Crippen molar-refractivity contribution in [1.82, 2.24) is 4.90 Å². The highest BCUT2D eigenvalue weighted by Gasteiger charge is 2.54. The van der Waals surface area contributed by atoms with Crippen molar-refractivity contribution in [2.24, 2.45) is 17.1 Å². The summed E-state index contributed by atoms with van der Waals surface area (Å²) in [5, 5.41) is 37.4. The Morgan fingerprint density at radius 2 is 1.77 bits per heavy atom. The van der Waals surface area contributed by atoms with Crippen molar-refractivity contribution in [1.29, 1.82) is 15.8 Å². The Balaban J connectivity index is 0.00000107. The van der Waals surface area contributed by atoms with E-state index in [-0.39, 0.29) is 23.8 Å². The van der Waals surface area contributed by atoms with Crippen LogP contribution in [0.15, 0.2) is 47.2 Å². The van der Waals surface area contributed by atoms with Crippen molar-refractivity contribution >= 4 is 0 Å². The summed E-state index contributed by atoms with van der Waals surface area (Å²) in [7, 11) is 0. The monoisotopic (exact) mass is 419 g/mol. The second-order valence-corrected chi connectivity index (χ2v) is 7.35. The number of rotatable bonds is 4. The molecule has 0 radical (unpaired) electrons. The molecule has 0 bridgehead atoms. The Hall–Kier alpha value is -3.31. The quantitative estimate of drug-likeness (QED) is 0.767. The molecule has 1 aromatic rings. The van der Waals surface area contributed by atoms with Gasteiger partial charge in [0.25, 0.3) is 0 Å². The number of aliphatic hydroxyl groups excluding tert-OH is 1. The number of nitrogens with zero attached hydrogens (tertiary/aromatic N) is 4. The molecule has 0 fully saturated rings. The maximum atomic E-state index is 10.1. The van der Waals surface area contributed by atoms with Crippen molar-refractivity contribution < 1.29 is 9.84 Å². The van der Waals surface area contributed by atoms with Crippen molar-refractivity contribution in [2.45, 2.75) is 26.7 Å². The van der Waals surface area contributed by atoms with Gasteiger partial charge in [-0.3, -0.25) is 4.90 Å². The van der Waals surface area contributed by atoms with Crippen LogP contribution in [-0.2, 0) is 0 Å². The maximum Gasteiger partial charge on any atom is 0.191 e. The van der Waals surface area contributed by atoms with Gasteiger partial charge in [0.1, 0.15) is 11.8 Å². The largest absolute Gasteiger partial charge is 0.494 e. The minimum Gasteiger partial charge on any atom is -0.494 e. The maximum absolute atomic E-state index is 10.1. The number of ether oxygens (including phenoxy) is 1.